The number of ether oxygens (including phenoxy) is 1. The lowest BCUT2D eigenvalue weighted by Gasteiger charge is -2.02. The van der Waals surface area contributed by atoms with Gasteiger partial charge in [-0.1, -0.05) is 6.07 Å². The van der Waals surface area contributed by atoms with E-state index in [9.17, 15) is 4.79 Å². The topological polar surface area (TPSA) is 79.9 Å². The number of nitriles is 1. The van der Waals surface area contributed by atoms with Crippen molar-refractivity contribution in [2.45, 2.75) is 6.73 Å². The summed E-state index contributed by atoms with van der Waals surface area (Å²) in [5.74, 6) is -0.283. The van der Waals surface area contributed by atoms with Gasteiger partial charge < -0.3 is 10.1 Å². The molecule has 0 saturated carbocycles. The molecule has 0 atom stereocenters. The summed E-state index contributed by atoms with van der Waals surface area (Å²) in [4.78, 5) is 12.0. The zero-order valence-corrected chi connectivity index (χ0v) is 10.3. The molecule has 0 spiro atoms. The van der Waals surface area contributed by atoms with E-state index in [1.165, 1.54) is 12.3 Å². The Morgan fingerprint density at radius 2 is 2.42 bits per heavy atom. The Bertz CT molecular complexity index is 628. The van der Waals surface area contributed by atoms with Crippen LogP contribution in [0.5, 0.6) is 0 Å². The van der Waals surface area contributed by atoms with E-state index >= 15 is 0 Å². The van der Waals surface area contributed by atoms with Gasteiger partial charge in [-0.25, -0.2) is 4.68 Å². The third-order valence-electron chi connectivity index (χ3n) is 2.41. The van der Waals surface area contributed by atoms with E-state index in [2.05, 4.69) is 10.4 Å². The fourth-order valence-corrected chi connectivity index (χ4v) is 1.56. The highest BCUT2D eigenvalue weighted by Crippen LogP contribution is 2.09. The van der Waals surface area contributed by atoms with Gasteiger partial charge in [0.2, 0.25) is 0 Å². The zero-order chi connectivity index (χ0) is 13.7. The van der Waals surface area contributed by atoms with Crippen molar-refractivity contribution in [2.24, 2.45) is 0 Å². The van der Waals surface area contributed by atoms with Crippen LogP contribution >= 0.6 is 0 Å². The maximum atomic E-state index is 12.0. The lowest BCUT2D eigenvalue weighted by Crippen LogP contribution is -2.11. The first-order valence-corrected chi connectivity index (χ1v) is 5.56. The Hall–Kier alpha value is -2.65. The molecular weight excluding hydrogens is 244 g/mol. The molecule has 0 unspecified atom stereocenters. The Morgan fingerprint density at radius 1 is 1.58 bits per heavy atom. The van der Waals surface area contributed by atoms with E-state index in [1.54, 1.807) is 36.2 Å². The van der Waals surface area contributed by atoms with Crippen molar-refractivity contribution in [2.75, 3.05) is 12.4 Å². The molecule has 96 valence electrons. The first-order chi connectivity index (χ1) is 9.22. The molecule has 2 aromatic rings. The summed E-state index contributed by atoms with van der Waals surface area (Å²) in [7, 11) is 1.56. The molecule has 1 aromatic heterocycles. The molecule has 1 amide bonds. The smallest absolute Gasteiger partial charge is 0.255 e. The van der Waals surface area contributed by atoms with Crippen molar-refractivity contribution >= 4 is 11.6 Å². The number of nitrogens with zero attached hydrogens (tertiary/aromatic N) is 3. The van der Waals surface area contributed by atoms with Crippen molar-refractivity contribution in [1.29, 1.82) is 5.26 Å². The number of benzene rings is 1. The van der Waals surface area contributed by atoms with Crippen LogP contribution in [-0.2, 0) is 11.5 Å². The van der Waals surface area contributed by atoms with Crippen LogP contribution in [0, 0.1) is 11.3 Å². The van der Waals surface area contributed by atoms with E-state index in [0.29, 0.717) is 23.5 Å². The minimum Gasteiger partial charge on any atom is -0.362 e. The van der Waals surface area contributed by atoms with Gasteiger partial charge in [-0.2, -0.15) is 10.4 Å². The van der Waals surface area contributed by atoms with Gasteiger partial charge in [0.15, 0.2) is 0 Å². The molecule has 0 aliphatic heterocycles. The van der Waals surface area contributed by atoms with Crippen molar-refractivity contribution in [1.82, 2.24) is 9.78 Å². The Kier molecular flexibility index (Phi) is 3.90. The number of nitrogens with one attached hydrogen (secondary N) is 1. The normalized spacial score (nSPS) is 9.89. The van der Waals surface area contributed by atoms with Crippen LogP contribution in [0.25, 0.3) is 0 Å². The fraction of sp³-hybridized carbons (Fsp3) is 0.154. The molecule has 0 radical (unpaired) electrons. The minimum atomic E-state index is -0.283. The quantitative estimate of drug-likeness (QED) is 0.901. The Labute approximate surface area is 110 Å². The summed E-state index contributed by atoms with van der Waals surface area (Å²) < 4.78 is 6.47. The molecule has 0 saturated heterocycles. The summed E-state index contributed by atoms with van der Waals surface area (Å²) in [5.41, 5.74) is 1.45. The highest BCUT2D eigenvalue weighted by atomic mass is 16.5. The number of carbonyl (C=O) groups is 1. The molecule has 2 rings (SSSR count). The minimum absolute atomic E-state index is 0.283. The molecule has 0 fully saturated rings. The molecule has 19 heavy (non-hydrogen) atoms. The molecule has 1 aromatic carbocycles. The average Bonchev–Trinajstić information content (AvgIpc) is 2.86. The standard InChI is InChI=1S/C13H12N4O2/c1-19-9-17-8-12(7-15-17)16-13(18)11-4-2-3-10(5-11)6-14/h2-5,7-8H,9H2,1H3,(H,16,18). The second kappa shape index (κ2) is 5.80. The van der Waals surface area contributed by atoms with E-state index in [0.717, 1.165) is 0 Å². The molecule has 0 bridgehead atoms. The molecule has 1 heterocycles. The van der Waals surface area contributed by atoms with Gasteiger partial charge in [0.1, 0.15) is 6.73 Å². The molecule has 1 N–H and O–H groups in total. The maximum absolute atomic E-state index is 12.0. The SMILES string of the molecule is COCn1cc(NC(=O)c2cccc(C#N)c2)cn1. The van der Waals surface area contributed by atoms with Crippen molar-refractivity contribution in [3.05, 3.63) is 47.8 Å². The van der Waals surface area contributed by atoms with Gasteiger partial charge in [-0.15, -0.1) is 0 Å². The van der Waals surface area contributed by atoms with Crippen LogP contribution in [0.3, 0.4) is 0 Å². The van der Waals surface area contributed by atoms with Gasteiger partial charge in [-0.3, -0.25) is 4.79 Å². The third-order valence-corrected chi connectivity index (χ3v) is 2.41. The van der Waals surface area contributed by atoms with Crippen molar-refractivity contribution < 1.29 is 9.53 Å². The van der Waals surface area contributed by atoms with Crippen LogP contribution in [0.15, 0.2) is 36.7 Å². The van der Waals surface area contributed by atoms with Gasteiger partial charge >= 0.3 is 0 Å². The predicted octanol–water partition coefficient (Wildman–Crippen LogP) is 1.61. The molecule has 6 nitrogen and oxygen atoms in total. The first-order valence-electron chi connectivity index (χ1n) is 5.56. The largest absolute Gasteiger partial charge is 0.362 e. The second-order valence-corrected chi connectivity index (χ2v) is 3.83. The summed E-state index contributed by atoms with van der Waals surface area (Å²) in [6, 6.07) is 8.49. The molecule has 6 heteroatoms. The number of rotatable bonds is 4. The van der Waals surface area contributed by atoms with Crippen LogP contribution in [-0.4, -0.2) is 22.8 Å². The van der Waals surface area contributed by atoms with Crippen molar-refractivity contribution in [3.63, 3.8) is 0 Å². The first kappa shape index (κ1) is 12.8. The Morgan fingerprint density at radius 3 is 3.16 bits per heavy atom. The van der Waals surface area contributed by atoms with Gasteiger partial charge in [0, 0.05) is 12.7 Å². The van der Waals surface area contributed by atoms with Gasteiger partial charge in [-0.05, 0) is 18.2 Å². The van der Waals surface area contributed by atoms with E-state index in [4.69, 9.17) is 10.00 Å². The number of methoxy groups -OCH3 is 1. The zero-order valence-electron chi connectivity index (χ0n) is 10.3. The third kappa shape index (κ3) is 3.18. The highest BCUT2D eigenvalue weighted by molar-refractivity contribution is 6.04. The fourth-order valence-electron chi connectivity index (χ4n) is 1.56. The van der Waals surface area contributed by atoms with Crippen LogP contribution < -0.4 is 5.32 Å². The predicted molar refractivity (Wildman–Crippen MR) is 68.3 cm³/mol. The number of hydrogen-bond acceptors (Lipinski definition) is 4. The van der Waals surface area contributed by atoms with Crippen LogP contribution in [0.2, 0.25) is 0 Å². The lowest BCUT2D eigenvalue weighted by molar-refractivity contribution is 0.102. The number of hydrogen-bond donors (Lipinski definition) is 1. The van der Waals surface area contributed by atoms with Crippen molar-refractivity contribution in [3.8, 4) is 6.07 Å². The number of carbonyl (C=O) groups excluding carboxylic acids is 1. The van der Waals surface area contributed by atoms with E-state index in [-0.39, 0.29) is 5.91 Å². The van der Waals surface area contributed by atoms with Crippen LogP contribution in [0.4, 0.5) is 5.69 Å². The monoisotopic (exact) mass is 256 g/mol. The average molecular weight is 256 g/mol. The number of anilines is 1. The lowest BCUT2D eigenvalue weighted by atomic mass is 10.1. The second-order valence-electron chi connectivity index (χ2n) is 3.83. The summed E-state index contributed by atoms with van der Waals surface area (Å²) in [6.45, 7) is 0.319. The highest BCUT2D eigenvalue weighted by Gasteiger charge is 2.08. The summed E-state index contributed by atoms with van der Waals surface area (Å²) in [5, 5.41) is 15.5. The summed E-state index contributed by atoms with van der Waals surface area (Å²) in [6.07, 6.45) is 3.20. The summed E-state index contributed by atoms with van der Waals surface area (Å²) >= 11 is 0. The van der Waals surface area contributed by atoms with Gasteiger partial charge in [0.05, 0.1) is 29.7 Å². The number of aromatic nitrogens is 2. The van der Waals surface area contributed by atoms with Gasteiger partial charge in [0.25, 0.3) is 5.91 Å². The van der Waals surface area contributed by atoms with E-state index in [1.807, 2.05) is 6.07 Å². The Balaban J connectivity index is 2.09. The molecule has 0 aliphatic carbocycles. The van der Waals surface area contributed by atoms with Crippen LogP contribution in [0.1, 0.15) is 15.9 Å². The molecule has 0 aliphatic rings. The molecular formula is C13H12N4O2. The number of amides is 1. The maximum Gasteiger partial charge on any atom is 0.255 e. The van der Waals surface area contributed by atoms with E-state index < -0.39 is 0 Å².